The van der Waals surface area contributed by atoms with Crippen molar-refractivity contribution in [2.24, 2.45) is 5.73 Å². The first-order valence-corrected chi connectivity index (χ1v) is 11.7. The number of hydrogen-bond donors (Lipinski definition) is 2. The van der Waals surface area contributed by atoms with E-state index in [1.165, 1.54) is 23.5 Å². The molecule has 0 bridgehead atoms. The van der Waals surface area contributed by atoms with Gasteiger partial charge in [0.15, 0.2) is 5.75 Å². The summed E-state index contributed by atoms with van der Waals surface area (Å²) >= 11 is 9.55. The summed E-state index contributed by atoms with van der Waals surface area (Å²) in [5.74, 6) is -0.653. The summed E-state index contributed by atoms with van der Waals surface area (Å²) in [6.07, 6.45) is 1.30. The number of urea groups is 1. The van der Waals surface area contributed by atoms with Gasteiger partial charge in [-0.1, -0.05) is 23.7 Å². The van der Waals surface area contributed by atoms with Gasteiger partial charge in [0.1, 0.15) is 4.90 Å². The van der Waals surface area contributed by atoms with E-state index < -0.39 is 26.7 Å². The van der Waals surface area contributed by atoms with Crippen LogP contribution in [0.15, 0.2) is 45.8 Å². The molecule has 1 heterocycles. The van der Waals surface area contributed by atoms with Gasteiger partial charge < -0.3 is 15.6 Å². The molecule has 11 heteroatoms. The molecule has 2 aromatic rings. The molecule has 0 saturated carbocycles. The molecule has 1 fully saturated rings. The van der Waals surface area contributed by atoms with Gasteiger partial charge in [0.05, 0.1) is 23.0 Å². The fourth-order valence-electron chi connectivity index (χ4n) is 3.56. The number of phenols is 1. The SMILES string of the molecule is COC[C@@H]1CCCN1S(=O)(=O)c1c(Cl)ccc(N(C(N)=O)c2ccccc2Br)c1O. The number of benzene rings is 2. The number of para-hydroxylation sites is 1. The number of carbonyl (C=O) groups excluding carboxylic acids is 1. The van der Waals surface area contributed by atoms with Crippen molar-refractivity contribution in [1.82, 2.24) is 4.31 Å². The van der Waals surface area contributed by atoms with Crippen LogP contribution in [-0.4, -0.2) is 50.2 Å². The highest BCUT2D eigenvalue weighted by Gasteiger charge is 2.39. The number of methoxy groups -OCH3 is 1. The van der Waals surface area contributed by atoms with Crippen molar-refractivity contribution in [3.8, 4) is 5.75 Å². The number of rotatable bonds is 6. The third kappa shape index (κ3) is 4.15. The Morgan fingerprint density at radius 3 is 2.67 bits per heavy atom. The zero-order valence-electron chi connectivity index (χ0n) is 16.1. The highest BCUT2D eigenvalue weighted by Crippen LogP contribution is 2.44. The standard InChI is InChI=1S/C19H21BrClN3O5S/c1-29-11-12-5-4-10-23(12)30(27,28)18-14(21)8-9-16(17(18)25)24(19(22)26)15-7-3-2-6-13(15)20/h2-3,6-9,12,25H,4-5,10-11H2,1H3,(H2,22,26)/t12-/m0/s1. The van der Waals surface area contributed by atoms with E-state index in [2.05, 4.69) is 15.9 Å². The number of phenolic OH excluding ortho intramolecular Hbond substituents is 1. The first kappa shape index (κ1) is 22.8. The van der Waals surface area contributed by atoms with E-state index in [9.17, 15) is 18.3 Å². The van der Waals surface area contributed by atoms with E-state index in [4.69, 9.17) is 22.1 Å². The molecule has 2 aromatic carbocycles. The van der Waals surface area contributed by atoms with Gasteiger partial charge in [0, 0.05) is 24.2 Å². The van der Waals surface area contributed by atoms with Crippen molar-refractivity contribution >= 4 is 55.0 Å². The molecule has 2 amide bonds. The lowest BCUT2D eigenvalue weighted by atomic mass is 10.2. The molecule has 162 valence electrons. The maximum Gasteiger partial charge on any atom is 0.324 e. The molecule has 0 radical (unpaired) electrons. The molecular formula is C19H21BrClN3O5S. The van der Waals surface area contributed by atoms with E-state index in [1.54, 1.807) is 24.3 Å². The summed E-state index contributed by atoms with van der Waals surface area (Å²) in [5.41, 5.74) is 5.81. The molecule has 0 aromatic heterocycles. The minimum Gasteiger partial charge on any atom is -0.504 e. The van der Waals surface area contributed by atoms with Crippen LogP contribution in [0.3, 0.4) is 0 Å². The molecule has 0 aliphatic carbocycles. The van der Waals surface area contributed by atoms with Crippen LogP contribution in [0.4, 0.5) is 16.2 Å². The second-order valence-electron chi connectivity index (χ2n) is 6.74. The quantitative estimate of drug-likeness (QED) is 0.603. The summed E-state index contributed by atoms with van der Waals surface area (Å²) < 4.78 is 33.7. The van der Waals surface area contributed by atoms with Crippen LogP contribution in [0, 0.1) is 0 Å². The smallest absolute Gasteiger partial charge is 0.324 e. The molecule has 3 N–H and O–H groups in total. The van der Waals surface area contributed by atoms with Crippen molar-refractivity contribution < 1.29 is 23.1 Å². The number of aromatic hydroxyl groups is 1. The van der Waals surface area contributed by atoms with E-state index >= 15 is 0 Å². The number of primary amides is 1. The zero-order valence-corrected chi connectivity index (χ0v) is 19.2. The number of carbonyl (C=O) groups is 1. The number of nitrogens with two attached hydrogens (primary N) is 1. The molecule has 0 unspecified atom stereocenters. The van der Waals surface area contributed by atoms with Gasteiger partial charge in [0.25, 0.3) is 0 Å². The van der Waals surface area contributed by atoms with E-state index in [1.807, 2.05) is 0 Å². The van der Waals surface area contributed by atoms with Crippen LogP contribution in [-0.2, 0) is 14.8 Å². The highest BCUT2D eigenvalue weighted by atomic mass is 79.9. The predicted molar refractivity (Wildman–Crippen MR) is 118 cm³/mol. The number of amides is 2. The average molecular weight is 519 g/mol. The maximum atomic E-state index is 13.4. The van der Waals surface area contributed by atoms with Gasteiger partial charge in [0.2, 0.25) is 10.0 Å². The molecule has 30 heavy (non-hydrogen) atoms. The van der Waals surface area contributed by atoms with Gasteiger partial charge >= 0.3 is 6.03 Å². The second kappa shape index (κ2) is 9.11. The number of ether oxygens (including phenoxy) is 1. The van der Waals surface area contributed by atoms with Crippen molar-refractivity contribution in [2.75, 3.05) is 25.2 Å². The van der Waals surface area contributed by atoms with Crippen LogP contribution in [0.5, 0.6) is 5.75 Å². The van der Waals surface area contributed by atoms with Crippen molar-refractivity contribution in [2.45, 2.75) is 23.8 Å². The topological polar surface area (TPSA) is 113 Å². The number of halogens is 2. The summed E-state index contributed by atoms with van der Waals surface area (Å²) in [6.45, 7) is 0.502. The predicted octanol–water partition coefficient (Wildman–Crippen LogP) is 3.82. The van der Waals surface area contributed by atoms with Gasteiger partial charge in [-0.3, -0.25) is 4.90 Å². The summed E-state index contributed by atoms with van der Waals surface area (Å²) in [7, 11) is -2.67. The molecule has 8 nitrogen and oxygen atoms in total. The average Bonchev–Trinajstić information content (AvgIpc) is 3.14. The van der Waals surface area contributed by atoms with Gasteiger partial charge in [-0.2, -0.15) is 4.31 Å². The van der Waals surface area contributed by atoms with E-state index in [0.29, 0.717) is 23.0 Å². The second-order valence-corrected chi connectivity index (χ2v) is 9.83. The van der Waals surface area contributed by atoms with Crippen LogP contribution >= 0.6 is 27.5 Å². The lowest BCUT2D eigenvalue weighted by Gasteiger charge is -2.27. The molecule has 1 saturated heterocycles. The molecule has 1 aliphatic heterocycles. The lowest BCUT2D eigenvalue weighted by molar-refractivity contribution is 0.149. The maximum absolute atomic E-state index is 13.4. The number of hydrogen-bond acceptors (Lipinski definition) is 5. The van der Waals surface area contributed by atoms with E-state index in [-0.39, 0.29) is 29.9 Å². The third-order valence-corrected chi connectivity index (χ3v) is 7.99. The summed E-state index contributed by atoms with van der Waals surface area (Å²) in [6, 6.07) is 8.11. The molecule has 3 rings (SSSR count). The monoisotopic (exact) mass is 517 g/mol. The number of sulfonamides is 1. The largest absolute Gasteiger partial charge is 0.504 e. The van der Waals surface area contributed by atoms with Crippen molar-refractivity contribution in [3.05, 3.63) is 45.9 Å². The van der Waals surface area contributed by atoms with Crippen molar-refractivity contribution in [1.29, 1.82) is 0 Å². The Balaban J connectivity index is 2.16. The van der Waals surface area contributed by atoms with Crippen LogP contribution in [0.1, 0.15) is 12.8 Å². The van der Waals surface area contributed by atoms with E-state index in [0.717, 1.165) is 4.90 Å². The summed E-state index contributed by atoms with van der Waals surface area (Å²) in [4.78, 5) is 12.8. The Morgan fingerprint density at radius 2 is 2.03 bits per heavy atom. The molecular weight excluding hydrogens is 498 g/mol. The Hall–Kier alpha value is -1.85. The van der Waals surface area contributed by atoms with Crippen molar-refractivity contribution in [3.63, 3.8) is 0 Å². The molecule has 1 atom stereocenters. The first-order chi connectivity index (χ1) is 14.2. The highest BCUT2D eigenvalue weighted by molar-refractivity contribution is 9.10. The Labute approximate surface area is 188 Å². The third-order valence-electron chi connectivity index (χ3n) is 4.87. The molecule has 1 aliphatic rings. The normalized spacial score (nSPS) is 17.2. The summed E-state index contributed by atoms with van der Waals surface area (Å²) in [5, 5.41) is 10.8. The Morgan fingerprint density at radius 1 is 1.33 bits per heavy atom. The fraction of sp³-hybridized carbons (Fsp3) is 0.316. The minimum absolute atomic E-state index is 0.0973. The minimum atomic E-state index is -4.16. The number of nitrogens with zero attached hydrogens (tertiary/aromatic N) is 2. The van der Waals surface area contributed by atoms with Gasteiger partial charge in [-0.15, -0.1) is 0 Å². The first-order valence-electron chi connectivity index (χ1n) is 9.06. The van der Waals surface area contributed by atoms with Crippen LogP contribution in [0.25, 0.3) is 0 Å². The number of anilines is 2. The molecule has 0 spiro atoms. The zero-order chi connectivity index (χ0) is 22.1. The Kier molecular flexibility index (Phi) is 6.93. The lowest BCUT2D eigenvalue weighted by Crippen LogP contribution is -2.38. The van der Waals surface area contributed by atoms with Gasteiger partial charge in [-0.05, 0) is 53.0 Å². The van der Waals surface area contributed by atoms with Crippen LogP contribution < -0.4 is 10.6 Å². The van der Waals surface area contributed by atoms with Crippen LogP contribution in [0.2, 0.25) is 5.02 Å². The fourth-order valence-corrected chi connectivity index (χ4v) is 6.30. The van der Waals surface area contributed by atoms with Gasteiger partial charge in [-0.25, -0.2) is 13.2 Å². The Bertz CT molecular complexity index is 1070.